The van der Waals surface area contributed by atoms with Crippen LogP contribution in [-0.2, 0) is 0 Å². The Balaban J connectivity index is 2.86. The van der Waals surface area contributed by atoms with Gasteiger partial charge >= 0.3 is 0 Å². The van der Waals surface area contributed by atoms with Crippen LogP contribution in [0.5, 0.6) is 28.7 Å². The Bertz CT molecular complexity index is 697. The number of phenols is 1. The summed E-state index contributed by atoms with van der Waals surface area (Å²) in [6.07, 6.45) is 0. The summed E-state index contributed by atoms with van der Waals surface area (Å²) in [5, 5.41) is 10.5. The van der Waals surface area contributed by atoms with E-state index < -0.39 is 0 Å². The molecule has 0 atom stereocenters. The zero-order chi connectivity index (χ0) is 17.1. The molecule has 0 aliphatic carbocycles. The molecule has 0 fully saturated rings. The minimum absolute atomic E-state index is 0.141. The summed E-state index contributed by atoms with van der Waals surface area (Å²) in [5.41, 5.74) is 2.94. The molecule has 0 saturated heterocycles. The molecule has 1 N–H and O–H groups in total. The fourth-order valence-corrected chi connectivity index (χ4v) is 2.83. The van der Waals surface area contributed by atoms with E-state index in [0.29, 0.717) is 28.4 Å². The minimum Gasteiger partial charge on any atom is -0.507 e. The van der Waals surface area contributed by atoms with E-state index in [-0.39, 0.29) is 5.75 Å². The van der Waals surface area contributed by atoms with Crippen molar-refractivity contribution in [3.63, 3.8) is 0 Å². The van der Waals surface area contributed by atoms with E-state index in [1.807, 2.05) is 13.8 Å². The maximum absolute atomic E-state index is 10.5. The van der Waals surface area contributed by atoms with Gasteiger partial charge in [0.05, 0.1) is 34.0 Å². The van der Waals surface area contributed by atoms with Gasteiger partial charge < -0.3 is 24.1 Å². The van der Waals surface area contributed by atoms with Gasteiger partial charge in [0.1, 0.15) is 28.7 Å². The Hall–Kier alpha value is -2.56. The second-order valence-corrected chi connectivity index (χ2v) is 5.15. The van der Waals surface area contributed by atoms with Gasteiger partial charge in [0.15, 0.2) is 0 Å². The van der Waals surface area contributed by atoms with Crippen LogP contribution in [0.2, 0.25) is 0 Å². The first kappa shape index (κ1) is 16.8. The van der Waals surface area contributed by atoms with Gasteiger partial charge in [-0.2, -0.15) is 0 Å². The maximum Gasteiger partial charge on any atom is 0.134 e. The summed E-state index contributed by atoms with van der Waals surface area (Å²) in [6, 6.07) is 5.18. The van der Waals surface area contributed by atoms with Crippen molar-refractivity contribution in [1.29, 1.82) is 0 Å². The van der Waals surface area contributed by atoms with Crippen molar-refractivity contribution in [1.82, 2.24) is 0 Å². The zero-order valence-electron chi connectivity index (χ0n) is 14.3. The van der Waals surface area contributed by atoms with Gasteiger partial charge in [-0.3, -0.25) is 0 Å². The zero-order valence-corrected chi connectivity index (χ0v) is 14.3. The monoisotopic (exact) mass is 318 g/mol. The number of methoxy groups -OCH3 is 4. The van der Waals surface area contributed by atoms with Gasteiger partial charge in [-0.15, -0.1) is 0 Å². The Morgan fingerprint density at radius 1 is 0.739 bits per heavy atom. The van der Waals surface area contributed by atoms with Crippen molar-refractivity contribution in [3.05, 3.63) is 29.3 Å². The van der Waals surface area contributed by atoms with Gasteiger partial charge in [-0.25, -0.2) is 0 Å². The second-order valence-electron chi connectivity index (χ2n) is 5.15. The highest BCUT2D eigenvalue weighted by atomic mass is 16.5. The van der Waals surface area contributed by atoms with Gasteiger partial charge in [-0.05, 0) is 25.5 Å². The quantitative estimate of drug-likeness (QED) is 0.910. The summed E-state index contributed by atoms with van der Waals surface area (Å²) in [7, 11) is 6.31. The molecule has 0 saturated carbocycles. The summed E-state index contributed by atoms with van der Waals surface area (Å²) in [4.78, 5) is 0. The van der Waals surface area contributed by atoms with Gasteiger partial charge in [0.25, 0.3) is 0 Å². The highest BCUT2D eigenvalue weighted by Crippen LogP contribution is 2.48. The molecule has 0 spiro atoms. The van der Waals surface area contributed by atoms with Crippen molar-refractivity contribution >= 4 is 0 Å². The van der Waals surface area contributed by atoms with Crippen LogP contribution in [0.1, 0.15) is 11.1 Å². The molecule has 0 aliphatic heterocycles. The lowest BCUT2D eigenvalue weighted by Crippen LogP contribution is -1.99. The van der Waals surface area contributed by atoms with Crippen LogP contribution < -0.4 is 18.9 Å². The summed E-state index contributed by atoms with van der Waals surface area (Å²) >= 11 is 0. The summed E-state index contributed by atoms with van der Waals surface area (Å²) < 4.78 is 21.7. The van der Waals surface area contributed by atoms with E-state index in [0.717, 1.165) is 16.9 Å². The molecule has 2 rings (SSSR count). The highest BCUT2D eigenvalue weighted by Gasteiger charge is 2.23. The van der Waals surface area contributed by atoms with Crippen LogP contribution in [0.4, 0.5) is 0 Å². The third-order valence-corrected chi connectivity index (χ3v) is 3.85. The lowest BCUT2D eigenvalue weighted by Gasteiger charge is -2.20. The van der Waals surface area contributed by atoms with Crippen LogP contribution in [0.25, 0.3) is 11.1 Å². The van der Waals surface area contributed by atoms with Crippen LogP contribution in [0.3, 0.4) is 0 Å². The van der Waals surface area contributed by atoms with Crippen LogP contribution in [0, 0.1) is 13.8 Å². The normalized spacial score (nSPS) is 10.3. The van der Waals surface area contributed by atoms with Crippen LogP contribution in [-0.4, -0.2) is 33.5 Å². The number of aromatic hydroxyl groups is 1. The Morgan fingerprint density at radius 2 is 1.30 bits per heavy atom. The molecule has 5 nitrogen and oxygen atoms in total. The van der Waals surface area contributed by atoms with Gasteiger partial charge in [-0.1, -0.05) is 0 Å². The first-order valence-corrected chi connectivity index (χ1v) is 7.16. The predicted molar refractivity (Wildman–Crippen MR) is 89.2 cm³/mol. The lowest BCUT2D eigenvalue weighted by molar-refractivity contribution is 0.376. The Kier molecular flexibility index (Phi) is 4.89. The third-order valence-electron chi connectivity index (χ3n) is 3.85. The molecule has 23 heavy (non-hydrogen) atoms. The molecule has 2 aromatic carbocycles. The standard InChI is InChI=1S/C18H22O5/c1-10-7-13(19)16(11(2)18(10)23-6)17-14(21-4)8-12(20-3)9-15(17)22-5/h7-9,19H,1-6H3. The number of hydrogen-bond donors (Lipinski definition) is 1. The van der Waals surface area contributed by atoms with Gasteiger partial charge in [0, 0.05) is 23.3 Å². The van der Waals surface area contributed by atoms with Crippen LogP contribution in [0.15, 0.2) is 18.2 Å². The van der Waals surface area contributed by atoms with E-state index in [1.54, 1.807) is 46.6 Å². The van der Waals surface area contributed by atoms with E-state index in [9.17, 15) is 5.11 Å². The number of aryl methyl sites for hydroxylation is 1. The fourth-order valence-electron chi connectivity index (χ4n) is 2.83. The first-order chi connectivity index (χ1) is 11.0. The van der Waals surface area contributed by atoms with Crippen molar-refractivity contribution < 1.29 is 24.1 Å². The number of rotatable bonds is 5. The molecule has 0 bridgehead atoms. The maximum atomic E-state index is 10.5. The number of benzene rings is 2. The molecule has 0 amide bonds. The van der Waals surface area contributed by atoms with Crippen molar-refractivity contribution in [3.8, 4) is 39.9 Å². The Morgan fingerprint density at radius 3 is 1.74 bits per heavy atom. The van der Waals surface area contributed by atoms with Gasteiger partial charge in [0.2, 0.25) is 0 Å². The molecule has 0 radical (unpaired) electrons. The molecule has 2 aromatic rings. The molecule has 124 valence electrons. The molecule has 5 heteroatoms. The molecular formula is C18H22O5. The molecule has 0 unspecified atom stereocenters. The largest absolute Gasteiger partial charge is 0.507 e. The minimum atomic E-state index is 0.141. The molecule has 0 aromatic heterocycles. The average Bonchev–Trinajstić information content (AvgIpc) is 2.54. The first-order valence-electron chi connectivity index (χ1n) is 7.16. The summed E-state index contributed by atoms with van der Waals surface area (Å²) in [6.45, 7) is 3.78. The SMILES string of the molecule is COc1cc(OC)c(-c2c(O)cc(C)c(OC)c2C)c(OC)c1. The van der Waals surface area contributed by atoms with E-state index >= 15 is 0 Å². The van der Waals surface area contributed by atoms with Crippen LogP contribution >= 0.6 is 0 Å². The number of phenolic OH excluding ortho intramolecular Hbond substituents is 1. The molecule has 0 heterocycles. The lowest BCUT2D eigenvalue weighted by atomic mass is 9.94. The van der Waals surface area contributed by atoms with E-state index in [2.05, 4.69) is 0 Å². The third kappa shape index (κ3) is 2.86. The average molecular weight is 318 g/mol. The topological polar surface area (TPSA) is 57.2 Å². The Labute approximate surface area is 136 Å². The van der Waals surface area contributed by atoms with E-state index in [4.69, 9.17) is 18.9 Å². The number of hydrogen-bond acceptors (Lipinski definition) is 5. The molecule has 0 aliphatic rings. The van der Waals surface area contributed by atoms with Crippen molar-refractivity contribution in [2.24, 2.45) is 0 Å². The smallest absolute Gasteiger partial charge is 0.134 e. The highest BCUT2D eigenvalue weighted by molar-refractivity contribution is 5.86. The second kappa shape index (κ2) is 6.69. The summed E-state index contributed by atoms with van der Waals surface area (Å²) in [5.74, 6) is 2.56. The van der Waals surface area contributed by atoms with E-state index in [1.165, 1.54) is 0 Å². The number of ether oxygens (including phenoxy) is 4. The predicted octanol–water partition coefficient (Wildman–Crippen LogP) is 3.71. The van der Waals surface area contributed by atoms with Crippen molar-refractivity contribution in [2.45, 2.75) is 13.8 Å². The fraction of sp³-hybridized carbons (Fsp3) is 0.333. The van der Waals surface area contributed by atoms with Crippen molar-refractivity contribution in [2.75, 3.05) is 28.4 Å². The molecular weight excluding hydrogens is 296 g/mol.